The summed E-state index contributed by atoms with van der Waals surface area (Å²) in [4.78, 5) is 15.5. The Morgan fingerprint density at radius 3 is 2.81 bits per heavy atom. The zero-order valence-corrected chi connectivity index (χ0v) is 12.1. The average Bonchev–Trinajstić information content (AvgIpc) is 2.89. The first kappa shape index (κ1) is 13.9. The molecule has 6 nitrogen and oxygen atoms in total. The third kappa shape index (κ3) is 2.71. The minimum absolute atomic E-state index is 0.204. The standard InChI is InChI=1S/C15H18N2O4/c1-9(18)16-15-17-13-12(19-2)4-3-11(14(13)21-15)10-5-7-20-8-6-10/h3-4,10H,5-8H2,1-2H3,(H,16,17,18). The van der Waals surface area contributed by atoms with Crippen LogP contribution >= 0.6 is 0 Å². The van der Waals surface area contributed by atoms with Gasteiger partial charge in [0.1, 0.15) is 5.75 Å². The fraction of sp³-hybridized carbons (Fsp3) is 0.467. The molecule has 1 aromatic heterocycles. The first-order valence-corrected chi connectivity index (χ1v) is 7.02. The van der Waals surface area contributed by atoms with E-state index in [-0.39, 0.29) is 11.9 Å². The van der Waals surface area contributed by atoms with Crippen molar-refractivity contribution in [2.75, 3.05) is 25.6 Å². The maximum atomic E-state index is 11.2. The summed E-state index contributed by atoms with van der Waals surface area (Å²) in [6.45, 7) is 2.93. The number of hydrogen-bond acceptors (Lipinski definition) is 5. The second kappa shape index (κ2) is 5.73. The summed E-state index contributed by atoms with van der Waals surface area (Å²) in [7, 11) is 1.59. The van der Waals surface area contributed by atoms with Gasteiger partial charge in [-0.1, -0.05) is 6.07 Å². The first-order valence-electron chi connectivity index (χ1n) is 7.02. The molecule has 0 unspecified atom stereocenters. The fourth-order valence-corrected chi connectivity index (χ4v) is 2.70. The second-order valence-corrected chi connectivity index (χ2v) is 5.12. The van der Waals surface area contributed by atoms with Crippen molar-refractivity contribution in [2.45, 2.75) is 25.7 Å². The number of carbonyl (C=O) groups excluding carboxylic acids is 1. The summed E-state index contributed by atoms with van der Waals surface area (Å²) in [6, 6.07) is 4.11. The van der Waals surface area contributed by atoms with Gasteiger partial charge in [0.25, 0.3) is 0 Å². The Morgan fingerprint density at radius 2 is 2.14 bits per heavy atom. The van der Waals surface area contributed by atoms with Crippen molar-refractivity contribution in [3.63, 3.8) is 0 Å². The molecule has 6 heteroatoms. The molecular formula is C15H18N2O4. The summed E-state index contributed by atoms with van der Waals surface area (Å²) < 4.78 is 16.5. The van der Waals surface area contributed by atoms with Gasteiger partial charge >= 0.3 is 6.01 Å². The summed E-state index contributed by atoms with van der Waals surface area (Å²) in [5, 5.41) is 2.58. The Balaban J connectivity index is 2.07. The van der Waals surface area contributed by atoms with Crippen molar-refractivity contribution in [1.82, 2.24) is 4.98 Å². The van der Waals surface area contributed by atoms with Crippen molar-refractivity contribution >= 4 is 23.0 Å². The summed E-state index contributed by atoms with van der Waals surface area (Å²) in [5.41, 5.74) is 2.42. The van der Waals surface area contributed by atoms with Crippen molar-refractivity contribution in [2.24, 2.45) is 0 Å². The lowest BCUT2D eigenvalue weighted by Crippen LogP contribution is -2.14. The zero-order chi connectivity index (χ0) is 14.8. The van der Waals surface area contributed by atoms with Crippen LogP contribution in [0.2, 0.25) is 0 Å². The van der Waals surface area contributed by atoms with Gasteiger partial charge in [-0.15, -0.1) is 0 Å². The van der Waals surface area contributed by atoms with Crippen molar-refractivity contribution in [3.8, 4) is 5.75 Å². The third-order valence-corrected chi connectivity index (χ3v) is 3.70. The molecule has 112 valence electrons. The van der Waals surface area contributed by atoms with E-state index in [4.69, 9.17) is 13.9 Å². The highest BCUT2D eigenvalue weighted by molar-refractivity contribution is 5.90. The lowest BCUT2D eigenvalue weighted by atomic mass is 9.91. The smallest absolute Gasteiger partial charge is 0.302 e. The van der Waals surface area contributed by atoms with Crippen LogP contribution in [0.3, 0.4) is 0 Å². The molecule has 0 spiro atoms. The Kier molecular flexibility index (Phi) is 3.79. The lowest BCUT2D eigenvalue weighted by Gasteiger charge is -2.22. The molecule has 21 heavy (non-hydrogen) atoms. The molecule has 1 N–H and O–H groups in total. The molecule has 1 aliphatic rings. The number of nitrogens with zero attached hydrogens (tertiary/aromatic N) is 1. The summed E-state index contributed by atoms with van der Waals surface area (Å²) in [5.74, 6) is 0.805. The number of aromatic nitrogens is 1. The highest BCUT2D eigenvalue weighted by Crippen LogP contribution is 2.37. The zero-order valence-electron chi connectivity index (χ0n) is 12.1. The van der Waals surface area contributed by atoms with Gasteiger partial charge in [-0.25, -0.2) is 0 Å². The van der Waals surface area contributed by atoms with Crippen LogP contribution in [-0.2, 0) is 9.53 Å². The highest BCUT2D eigenvalue weighted by Gasteiger charge is 2.23. The number of amides is 1. The number of benzene rings is 1. The number of rotatable bonds is 3. The minimum atomic E-state index is -0.215. The van der Waals surface area contributed by atoms with Gasteiger partial charge in [-0.2, -0.15) is 4.98 Å². The van der Waals surface area contributed by atoms with Crippen LogP contribution in [-0.4, -0.2) is 31.2 Å². The van der Waals surface area contributed by atoms with Crippen LogP contribution in [0, 0.1) is 0 Å². The van der Waals surface area contributed by atoms with Crippen LogP contribution < -0.4 is 10.1 Å². The van der Waals surface area contributed by atoms with E-state index in [1.165, 1.54) is 6.92 Å². The molecule has 2 aromatic rings. The third-order valence-electron chi connectivity index (χ3n) is 3.70. The van der Waals surface area contributed by atoms with Gasteiger partial charge in [0, 0.05) is 25.7 Å². The monoisotopic (exact) mass is 290 g/mol. The quantitative estimate of drug-likeness (QED) is 0.940. The van der Waals surface area contributed by atoms with Crippen LogP contribution in [0.1, 0.15) is 31.2 Å². The number of nitrogens with one attached hydrogen (secondary N) is 1. The molecule has 1 aromatic carbocycles. The molecule has 2 heterocycles. The number of fused-ring (bicyclic) bond motifs is 1. The molecule has 0 radical (unpaired) electrons. The van der Waals surface area contributed by atoms with Crippen molar-refractivity contribution in [1.29, 1.82) is 0 Å². The molecule has 0 atom stereocenters. The normalized spacial score (nSPS) is 16.1. The van der Waals surface area contributed by atoms with Gasteiger partial charge in [-0.05, 0) is 24.8 Å². The van der Waals surface area contributed by atoms with Crippen LogP contribution in [0.4, 0.5) is 6.01 Å². The van der Waals surface area contributed by atoms with E-state index < -0.39 is 0 Å². The molecule has 3 rings (SSSR count). The Bertz CT molecular complexity index is 659. The van der Waals surface area contributed by atoms with E-state index in [2.05, 4.69) is 10.3 Å². The largest absolute Gasteiger partial charge is 0.494 e. The average molecular weight is 290 g/mol. The molecule has 0 saturated carbocycles. The Morgan fingerprint density at radius 1 is 1.38 bits per heavy atom. The van der Waals surface area contributed by atoms with Crippen molar-refractivity contribution in [3.05, 3.63) is 17.7 Å². The molecule has 1 aliphatic heterocycles. The van der Waals surface area contributed by atoms with Gasteiger partial charge in [-0.3, -0.25) is 10.1 Å². The number of carbonyl (C=O) groups is 1. The fourth-order valence-electron chi connectivity index (χ4n) is 2.70. The van der Waals surface area contributed by atoms with Gasteiger partial charge < -0.3 is 13.9 Å². The second-order valence-electron chi connectivity index (χ2n) is 5.12. The van der Waals surface area contributed by atoms with E-state index >= 15 is 0 Å². The maximum absolute atomic E-state index is 11.2. The van der Waals surface area contributed by atoms with Crippen LogP contribution in [0.15, 0.2) is 16.5 Å². The molecule has 1 saturated heterocycles. The molecule has 0 aliphatic carbocycles. The number of hydrogen-bond donors (Lipinski definition) is 1. The highest BCUT2D eigenvalue weighted by atomic mass is 16.5. The van der Waals surface area contributed by atoms with Crippen molar-refractivity contribution < 1.29 is 18.7 Å². The molecule has 1 fully saturated rings. The predicted molar refractivity (Wildman–Crippen MR) is 77.7 cm³/mol. The predicted octanol–water partition coefficient (Wildman–Crippen LogP) is 2.69. The number of oxazole rings is 1. The number of ether oxygens (including phenoxy) is 2. The topological polar surface area (TPSA) is 73.6 Å². The Labute approximate surface area is 122 Å². The van der Waals surface area contributed by atoms with E-state index in [1.54, 1.807) is 7.11 Å². The maximum Gasteiger partial charge on any atom is 0.302 e. The summed E-state index contributed by atoms with van der Waals surface area (Å²) in [6.07, 6.45) is 1.91. The first-order chi connectivity index (χ1) is 10.2. The van der Waals surface area contributed by atoms with Gasteiger partial charge in [0.15, 0.2) is 11.1 Å². The Hall–Kier alpha value is -2.08. The van der Waals surface area contributed by atoms with E-state index in [1.807, 2.05) is 12.1 Å². The van der Waals surface area contributed by atoms with Gasteiger partial charge in [0.2, 0.25) is 5.91 Å². The number of methoxy groups -OCH3 is 1. The van der Waals surface area contributed by atoms with Crippen LogP contribution in [0.25, 0.3) is 11.1 Å². The van der Waals surface area contributed by atoms with E-state index in [0.29, 0.717) is 22.8 Å². The number of anilines is 1. The molecular weight excluding hydrogens is 272 g/mol. The minimum Gasteiger partial charge on any atom is -0.494 e. The van der Waals surface area contributed by atoms with Gasteiger partial charge in [0.05, 0.1) is 7.11 Å². The van der Waals surface area contributed by atoms with E-state index in [9.17, 15) is 4.79 Å². The molecule has 0 bridgehead atoms. The summed E-state index contributed by atoms with van der Waals surface area (Å²) >= 11 is 0. The van der Waals surface area contributed by atoms with Crippen LogP contribution in [0.5, 0.6) is 5.75 Å². The van der Waals surface area contributed by atoms with E-state index in [0.717, 1.165) is 31.6 Å². The SMILES string of the molecule is COc1ccc(C2CCOCC2)c2oc(NC(C)=O)nc12. The molecule has 1 amide bonds. The lowest BCUT2D eigenvalue weighted by molar-refractivity contribution is -0.114.